The number of hydrogen-bond donors (Lipinski definition) is 3. The molecule has 0 radical (unpaired) electrons. The highest BCUT2D eigenvalue weighted by molar-refractivity contribution is 7.80. The van der Waals surface area contributed by atoms with Gasteiger partial charge in [0.05, 0.1) is 0 Å². The van der Waals surface area contributed by atoms with Gasteiger partial charge >= 0.3 is 0 Å². The Labute approximate surface area is 173 Å². The first-order valence-corrected chi connectivity index (χ1v) is 9.41. The van der Waals surface area contributed by atoms with E-state index >= 15 is 0 Å². The lowest BCUT2D eigenvalue weighted by molar-refractivity contribution is -0.121. The van der Waals surface area contributed by atoms with Crippen LogP contribution in [0.15, 0.2) is 60.7 Å². The molecule has 1 amide bonds. The van der Waals surface area contributed by atoms with E-state index in [1.54, 1.807) is 0 Å². The van der Waals surface area contributed by atoms with Crippen LogP contribution in [0.1, 0.15) is 12.0 Å². The maximum atomic E-state index is 12.2. The fourth-order valence-corrected chi connectivity index (χ4v) is 2.72. The van der Waals surface area contributed by atoms with E-state index in [0.29, 0.717) is 6.42 Å². The van der Waals surface area contributed by atoms with Gasteiger partial charge in [-0.2, -0.15) is 0 Å². The zero-order valence-electron chi connectivity index (χ0n) is 13.7. The van der Waals surface area contributed by atoms with Crippen LogP contribution in [0.25, 0.3) is 0 Å². The predicted molar refractivity (Wildman–Crippen MR) is 113 cm³/mol. The number of para-hydroxylation sites is 1. The van der Waals surface area contributed by atoms with Crippen molar-refractivity contribution in [3.05, 3.63) is 66.2 Å². The summed E-state index contributed by atoms with van der Waals surface area (Å²) in [6, 6.07) is 19.0. The van der Waals surface area contributed by atoms with Crippen molar-refractivity contribution < 1.29 is 4.79 Å². The minimum absolute atomic E-state index is 0.232. The summed E-state index contributed by atoms with van der Waals surface area (Å²) in [6.07, 6.45) is -0.118. The van der Waals surface area contributed by atoms with Crippen molar-refractivity contribution in [1.82, 2.24) is 10.6 Å². The average Bonchev–Trinajstić information content (AvgIpc) is 2.60. The van der Waals surface area contributed by atoms with E-state index < -0.39 is 9.96 Å². The fourth-order valence-electron chi connectivity index (χ4n) is 2.16. The van der Waals surface area contributed by atoms with Gasteiger partial charge in [-0.05, 0) is 36.3 Å². The lowest BCUT2D eigenvalue weighted by Gasteiger charge is -2.27. The molecular formula is C18H18Cl3N3OS. The van der Waals surface area contributed by atoms with Crippen molar-refractivity contribution >= 4 is 63.7 Å². The molecule has 8 heteroatoms. The second kappa shape index (κ2) is 9.97. The van der Waals surface area contributed by atoms with Crippen molar-refractivity contribution in [1.29, 1.82) is 0 Å². The van der Waals surface area contributed by atoms with E-state index in [4.69, 9.17) is 47.0 Å². The van der Waals surface area contributed by atoms with Crippen LogP contribution in [0.2, 0.25) is 0 Å². The van der Waals surface area contributed by atoms with Gasteiger partial charge in [0.1, 0.15) is 6.17 Å². The summed E-state index contributed by atoms with van der Waals surface area (Å²) in [4.78, 5) is 12.2. The maximum absolute atomic E-state index is 12.2. The highest BCUT2D eigenvalue weighted by Gasteiger charge is 2.34. The lowest BCUT2D eigenvalue weighted by Crippen LogP contribution is -2.56. The summed E-state index contributed by atoms with van der Waals surface area (Å²) in [5.41, 5.74) is 1.84. The number of alkyl halides is 3. The molecule has 0 aliphatic rings. The molecule has 0 saturated heterocycles. The van der Waals surface area contributed by atoms with Crippen LogP contribution in [0.4, 0.5) is 5.69 Å². The third-order valence-electron chi connectivity index (χ3n) is 3.42. The molecule has 1 unspecified atom stereocenters. The molecule has 138 valence electrons. The van der Waals surface area contributed by atoms with Gasteiger partial charge in [-0.1, -0.05) is 83.3 Å². The second-order valence-electron chi connectivity index (χ2n) is 5.49. The number of aryl methyl sites for hydroxylation is 1. The first-order valence-electron chi connectivity index (χ1n) is 7.87. The topological polar surface area (TPSA) is 53.2 Å². The molecule has 2 aromatic rings. The van der Waals surface area contributed by atoms with Gasteiger partial charge in [-0.15, -0.1) is 0 Å². The molecule has 0 saturated carbocycles. The van der Waals surface area contributed by atoms with Gasteiger partial charge in [0.15, 0.2) is 5.11 Å². The Morgan fingerprint density at radius 1 is 0.962 bits per heavy atom. The highest BCUT2D eigenvalue weighted by Crippen LogP contribution is 2.29. The maximum Gasteiger partial charge on any atom is 0.228 e. The zero-order valence-corrected chi connectivity index (χ0v) is 16.8. The molecule has 0 spiro atoms. The van der Waals surface area contributed by atoms with Gasteiger partial charge in [-0.25, -0.2) is 0 Å². The monoisotopic (exact) mass is 429 g/mol. The first kappa shape index (κ1) is 20.8. The number of halogens is 3. The van der Waals surface area contributed by atoms with Crippen LogP contribution in [0.3, 0.4) is 0 Å². The summed E-state index contributed by atoms with van der Waals surface area (Å²) < 4.78 is -1.77. The third kappa shape index (κ3) is 7.38. The summed E-state index contributed by atoms with van der Waals surface area (Å²) in [5.74, 6) is -0.250. The Hall–Kier alpha value is -1.53. The van der Waals surface area contributed by atoms with E-state index in [-0.39, 0.29) is 17.4 Å². The molecule has 1 atom stereocenters. The van der Waals surface area contributed by atoms with E-state index in [1.807, 2.05) is 60.7 Å². The van der Waals surface area contributed by atoms with Crippen LogP contribution < -0.4 is 16.0 Å². The van der Waals surface area contributed by atoms with E-state index in [2.05, 4.69) is 16.0 Å². The lowest BCUT2D eigenvalue weighted by atomic mass is 10.1. The third-order valence-corrected chi connectivity index (χ3v) is 4.30. The Bertz CT molecular complexity index is 723. The second-order valence-corrected chi connectivity index (χ2v) is 8.27. The molecule has 0 aliphatic carbocycles. The number of rotatable bonds is 6. The van der Waals surface area contributed by atoms with Crippen LogP contribution in [0, 0.1) is 0 Å². The van der Waals surface area contributed by atoms with Crippen molar-refractivity contribution in [2.24, 2.45) is 0 Å². The van der Waals surface area contributed by atoms with Gasteiger partial charge in [0.25, 0.3) is 0 Å². The number of carbonyl (C=O) groups is 1. The predicted octanol–water partition coefficient (Wildman–Crippen LogP) is 4.42. The molecule has 3 N–H and O–H groups in total. The van der Waals surface area contributed by atoms with Crippen molar-refractivity contribution in [2.45, 2.75) is 22.8 Å². The highest BCUT2D eigenvalue weighted by atomic mass is 35.6. The molecule has 4 nitrogen and oxygen atoms in total. The Morgan fingerprint density at radius 3 is 2.12 bits per heavy atom. The van der Waals surface area contributed by atoms with Crippen LogP contribution >= 0.6 is 47.0 Å². The van der Waals surface area contributed by atoms with Crippen molar-refractivity contribution in [2.75, 3.05) is 5.32 Å². The molecule has 0 fully saturated rings. The molecule has 0 aliphatic heterocycles. The molecule has 0 aromatic heterocycles. The minimum atomic E-state index is -1.77. The Kier molecular flexibility index (Phi) is 7.97. The Morgan fingerprint density at radius 2 is 1.54 bits per heavy atom. The molecular weight excluding hydrogens is 413 g/mol. The molecule has 26 heavy (non-hydrogen) atoms. The fraction of sp³-hybridized carbons (Fsp3) is 0.222. The molecule has 2 aromatic carbocycles. The van der Waals surface area contributed by atoms with Crippen LogP contribution in [-0.4, -0.2) is 21.0 Å². The normalized spacial score (nSPS) is 12.1. The minimum Gasteiger partial charge on any atom is -0.339 e. The van der Waals surface area contributed by atoms with Gasteiger partial charge in [-0.3, -0.25) is 4.79 Å². The smallest absolute Gasteiger partial charge is 0.228 e. The molecule has 0 bridgehead atoms. The SMILES string of the molecule is O=C(CCc1ccccc1)NC(NC(=S)Nc1ccccc1)C(Cl)(Cl)Cl. The Balaban J connectivity index is 1.90. The van der Waals surface area contributed by atoms with Crippen LogP contribution in [0.5, 0.6) is 0 Å². The first-order chi connectivity index (χ1) is 12.3. The van der Waals surface area contributed by atoms with E-state index in [0.717, 1.165) is 11.3 Å². The van der Waals surface area contributed by atoms with Crippen LogP contribution in [-0.2, 0) is 11.2 Å². The molecule has 0 heterocycles. The standard InChI is InChI=1S/C18H18Cl3N3OS/c19-18(20,21)16(24-17(26)22-14-9-5-2-6-10-14)23-15(25)12-11-13-7-3-1-4-8-13/h1-10,16H,11-12H2,(H,23,25)(H2,22,24,26). The number of carbonyl (C=O) groups excluding carboxylic acids is 1. The summed E-state index contributed by atoms with van der Waals surface area (Å²) in [6.45, 7) is 0. The number of thiocarbonyl (C=S) groups is 1. The van der Waals surface area contributed by atoms with Gasteiger partial charge in [0.2, 0.25) is 9.70 Å². The van der Waals surface area contributed by atoms with Crippen molar-refractivity contribution in [3.63, 3.8) is 0 Å². The molecule has 2 rings (SSSR count). The largest absolute Gasteiger partial charge is 0.339 e. The number of hydrogen-bond acceptors (Lipinski definition) is 2. The number of benzene rings is 2. The number of anilines is 1. The number of nitrogens with one attached hydrogen (secondary N) is 3. The quantitative estimate of drug-likeness (QED) is 0.361. The summed E-state index contributed by atoms with van der Waals surface area (Å²) in [7, 11) is 0. The summed E-state index contributed by atoms with van der Waals surface area (Å²) in [5, 5.41) is 8.70. The van der Waals surface area contributed by atoms with Gasteiger partial charge in [0, 0.05) is 12.1 Å². The van der Waals surface area contributed by atoms with E-state index in [1.165, 1.54) is 0 Å². The average molecular weight is 431 g/mol. The van der Waals surface area contributed by atoms with Crippen molar-refractivity contribution in [3.8, 4) is 0 Å². The summed E-state index contributed by atoms with van der Waals surface area (Å²) >= 11 is 23.1. The zero-order chi connectivity index (χ0) is 19.0. The van der Waals surface area contributed by atoms with E-state index in [9.17, 15) is 4.79 Å². The van der Waals surface area contributed by atoms with Gasteiger partial charge < -0.3 is 16.0 Å². The number of amides is 1.